The van der Waals surface area contributed by atoms with Gasteiger partial charge in [0, 0.05) is 19.3 Å². The van der Waals surface area contributed by atoms with Crippen LogP contribution in [0, 0.1) is 0 Å². The maximum Gasteiger partial charge on any atom is 0.306 e. The Morgan fingerprint density at radius 1 is 0.328 bits per heavy atom. The molecule has 0 aliphatic rings. The molecule has 0 aromatic carbocycles. The molecule has 1 unspecified atom stereocenters. The van der Waals surface area contributed by atoms with Crippen LogP contribution in [0.2, 0.25) is 0 Å². The highest BCUT2D eigenvalue weighted by Gasteiger charge is 2.19. The number of rotatable bonds is 50. The van der Waals surface area contributed by atoms with Gasteiger partial charge < -0.3 is 14.2 Å². The van der Waals surface area contributed by atoms with Gasteiger partial charge in [0.15, 0.2) is 6.10 Å². The van der Waals surface area contributed by atoms with Crippen LogP contribution in [0.25, 0.3) is 0 Å². The number of unbranched alkanes of at least 4 members (excludes halogenated alkanes) is 31. The molecule has 0 saturated heterocycles. The molecule has 6 nitrogen and oxygen atoms in total. The molecule has 0 aliphatic heterocycles. The molecule has 0 rings (SSSR count). The van der Waals surface area contributed by atoms with E-state index in [2.05, 4.69) is 69.4 Å². The summed E-state index contributed by atoms with van der Waals surface area (Å²) >= 11 is 0. The van der Waals surface area contributed by atoms with Crippen LogP contribution in [-0.2, 0) is 28.6 Å². The highest BCUT2D eigenvalue weighted by Crippen LogP contribution is 2.17. The van der Waals surface area contributed by atoms with E-state index in [0.717, 1.165) is 103 Å². The van der Waals surface area contributed by atoms with Gasteiger partial charge in [0.05, 0.1) is 0 Å². The van der Waals surface area contributed by atoms with E-state index in [-0.39, 0.29) is 31.1 Å². The predicted molar refractivity (Wildman–Crippen MR) is 275 cm³/mol. The Morgan fingerprint density at radius 3 is 0.953 bits per heavy atom. The van der Waals surface area contributed by atoms with Crippen molar-refractivity contribution in [3.05, 3.63) is 48.6 Å². The van der Waals surface area contributed by atoms with Gasteiger partial charge in [-0.3, -0.25) is 14.4 Å². The molecular weight excluding hydrogens is 793 g/mol. The summed E-state index contributed by atoms with van der Waals surface area (Å²) in [6.45, 7) is 6.46. The molecule has 0 radical (unpaired) electrons. The highest BCUT2D eigenvalue weighted by molar-refractivity contribution is 5.71. The van der Waals surface area contributed by atoms with Gasteiger partial charge in [0.2, 0.25) is 0 Å². The van der Waals surface area contributed by atoms with Crippen LogP contribution < -0.4 is 0 Å². The molecule has 0 amide bonds. The Bertz CT molecular complexity index is 1120. The Hall–Kier alpha value is -2.63. The molecule has 0 N–H and O–H groups in total. The van der Waals surface area contributed by atoms with E-state index < -0.39 is 6.10 Å². The zero-order valence-corrected chi connectivity index (χ0v) is 42.6. The average molecular weight is 897 g/mol. The summed E-state index contributed by atoms with van der Waals surface area (Å²) in [7, 11) is 0. The summed E-state index contributed by atoms with van der Waals surface area (Å²) in [5, 5.41) is 0. The first kappa shape index (κ1) is 61.4. The zero-order chi connectivity index (χ0) is 46.5. The number of ether oxygens (including phenoxy) is 3. The molecule has 0 heterocycles. The van der Waals surface area contributed by atoms with Gasteiger partial charge in [0.25, 0.3) is 0 Å². The van der Waals surface area contributed by atoms with E-state index in [0.29, 0.717) is 19.3 Å². The van der Waals surface area contributed by atoms with Crippen molar-refractivity contribution < 1.29 is 28.6 Å². The summed E-state index contributed by atoms with van der Waals surface area (Å²) < 4.78 is 16.7. The van der Waals surface area contributed by atoms with Crippen LogP contribution in [0.4, 0.5) is 0 Å². The summed E-state index contributed by atoms with van der Waals surface area (Å²) in [6.07, 6.45) is 64.3. The molecule has 6 heteroatoms. The standard InChI is InChI=1S/C58H104O6/c1-4-7-10-13-15-17-19-21-23-25-27-28-29-31-32-34-36-38-40-42-45-48-51-57(60)63-54-55(53-62-56(59)50-47-44-12-9-6-3)64-58(61)52-49-46-43-41-39-37-35-33-30-26-24-22-20-18-16-14-11-8-5-2/h8,11,16,18,22,24,30,33,55H,4-7,9-10,12-15,17,19-21,23,25-29,31-32,34-54H2,1-3H3/b11-8-,18-16-,24-22-,33-30-. The second kappa shape index (κ2) is 53.0. The molecule has 0 aromatic rings. The fraction of sp³-hybridized carbons (Fsp3) is 0.810. The molecule has 0 aromatic heterocycles. The molecule has 0 fully saturated rings. The maximum atomic E-state index is 12.8. The van der Waals surface area contributed by atoms with Crippen LogP contribution >= 0.6 is 0 Å². The first-order chi connectivity index (χ1) is 31.5. The summed E-state index contributed by atoms with van der Waals surface area (Å²) in [5.41, 5.74) is 0. The van der Waals surface area contributed by atoms with Gasteiger partial charge in [-0.05, 0) is 57.8 Å². The van der Waals surface area contributed by atoms with Gasteiger partial charge in [-0.15, -0.1) is 0 Å². The third-order valence-electron chi connectivity index (χ3n) is 12.1. The van der Waals surface area contributed by atoms with E-state index in [1.807, 2.05) is 0 Å². The van der Waals surface area contributed by atoms with Crippen molar-refractivity contribution in [3.8, 4) is 0 Å². The first-order valence-corrected chi connectivity index (χ1v) is 27.6. The Labute approximate surface area is 397 Å². The first-order valence-electron chi connectivity index (χ1n) is 27.6. The van der Waals surface area contributed by atoms with Crippen LogP contribution in [0.3, 0.4) is 0 Å². The third kappa shape index (κ3) is 50.4. The van der Waals surface area contributed by atoms with E-state index in [1.54, 1.807) is 0 Å². The van der Waals surface area contributed by atoms with Crippen LogP contribution in [0.1, 0.15) is 284 Å². The van der Waals surface area contributed by atoms with E-state index >= 15 is 0 Å². The molecule has 0 saturated carbocycles. The predicted octanol–water partition coefficient (Wildman–Crippen LogP) is 18.3. The third-order valence-corrected chi connectivity index (χ3v) is 12.1. The monoisotopic (exact) mass is 897 g/mol. The molecule has 64 heavy (non-hydrogen) atoms. The lowest BCUT2D eigenvalue weighted by atomic mass is 10.0. The minimum absolute atomic E-state index is 0.0764. The normalized spacial score (nSPS) is 12.4. The van der Waals surface area contributed by atoms with Gasteiger partial charge in [-0.1, -0.05) is 256 Å². The van der Waals surface area contributed by atoms with Crippen molar-refractivity contribution in [2.45, 2.75) is 290 Å². The van der Waals surface area contributed by atoms with Crippen molar-refractivity contribution >= 4 is 17.9 Å². The van der Waals surface area contributed by atoms with E-state index in [9.17, 15) is 14.4 Å². The van der Waals surface area contributed by atoms with Crippen molar-refractivity contribution in [2.75, 3.05) is 13.2 Å². The Kier molecular flexibility index (Phi) is 50.8. The largest absolute Gasteiger partial charge is 0.462 e. The van der Waals surface area contributed by atoms with Gasteiger partial charge in [0.1, 0.15) is 13.2 Å². The van der Waals surface area contributed by atoms with Crippen LogP contribution in [0.15, 0.2) is 48.6 Å². The smallest absolute Gasteiger partial charge is 0.306 e. The SMILES string of the molecule is CC/C=C\C/C=C\C/C=C\C/C=C\CCCCCCCCC(=O)OC(COC(=O)CCCCCCC)COC(=O)CCCCCCCCCCCCCCCCCCCCCCCC. The van der Waals surface area contributed by atoms with Gasteiger partial charge >= 0.3 is 17.9 Å². The van der Waals surface area contributed by atoms with E-state index in [4.69, 9.17) is 14.2 Å². The average Bonchev–Trinajstić information content (AvgIpc) is 3.29. The molecule has 0 aliphatic carbocycles. The van der Waals surface area contributed by atoms with Crippen molar-refractivity contribution in [1.82, 2.24) is 0 Å². The summed E-state index contributed by atoms with van der Waals surface area (Å²) in [5.74, 6) is -0.894. The van der Waals surface area contributed by atoms with Gasteiger partial charge in [-0.25, -0.2) is 0 Å². The van der Waals surface area contributed by atoms with Gasteiger partial charge in [-0.2, -0.15) is 0 Å². The molecule has 372 valence electrons. The molecular formula is C58H104O6. The minimum Gasteiger partial charge on any atom is -0.462 e. The number of carbonyl (C=O) groups is 3. The lowest BCUT2D eigenvalue weighted by molar-refractivity contribution is -0.167. The summed E-state index contributed by atoms with van der Waals surface area (Å²) in [4.78, 5) is 37.7. The quantitative estimate of drug-likeness (QED) is 0.0262. The molecule has 0 bridgehead atoms. The zero-order valence-electron chi connectivity index (χ0n) is 42.6. The van der Waals surface area contributed by atoms with Crippen LogP contribution in [-0.4, -0.2) is 37.2 Å². The topological polar surface area (TPSA) is 78.9 Å². The fourth-order valence-corrected chi connectivity index (χ4v) is 7.96. The van der Waals surface area contributed by atoms with Crippen molar-refractivity contribution in [3.63, 3.8) is 0 Å². The number of hydrogen-bond donors (Lipinski definition) is 0. The molecule has 1 atom stereocenters. The number of esters is 3. The van der Waals surface area contributed by atoms with Crippen molar-refractivity contribution in [2.24, 2.45) is 0 Å². The lowest BCUT2D eigenvalue weighted by Gasteiger charge is -2.18. The number of hydrogen-bond acceptors (Lipinski definition) is 6. The second-order valence-corrected chi connectivity index (χ2v) is 18.5. The maximum absolute atomic E-state index is 12.8. The van der Waals surface area contributed by atoms with E-state index in [1.165, 1.54) is 141 Å². The van der Waals surface area contributed by atoms with Crippen molar-refractivity contribution in [1.29, 1.82) is 0 Å². The fourth-order valence-electron chi connectivity index (χ4n) is 7.96. The number of carbonyl (C=O) groups excluding carboxylic acids is 3. The van der Waals surface area contributed by atoms with Crippen LogP contribution in [0.5, 0.6) is 0 Å². The minimum atomic E-state index is -0.775. The lowest BCUT2D eigenvalue weighted by Crippen LogP contribution is -2.30. The Balaban J connectivity index is 4.10. The summed E-state index contributed by atoms with van der Waals surface area (Å²) in [6, 6.07) is 0. The Morgan fingerprint density at radius 2 is 0.609 bits per heavy atom. The molecule has 0 spiro atoms. The second-order valence-electron chi connectivity index (χ2n) is 18.5. The highest BCUT2D eigenvalue weighted by atomic mass is 16.6. The number of allylic oxidation sites excluding steroid dienone is 8.